The molecular weight excluding hydrogens is 245 g/mol. The standard InChI is InChI=1S/C14H20FN3O/c15-13-5-3-11(4-6-13)9-17-14(19)18-10-12-2-1-7-16-8-12/h3-6,12,16H,1-2,7-10H2,(H2,17,18,19). The van der Waals surface area contributed by atoms with E-state index in [1.807, 2.05) is 0 Å². The average Bonchev–Trinajstić information content (AvgIpc) is 2.45. The van der Waals surface area contributed by atoms with Gasteiger partial charge in [-0.1, -0.05) is 12.1 Å². The molecule has 0 bridgehead atoms. The average molecular weight is 265 g/mol. The summed E-state index contributed by atoms with van der Waals surface area (Å²) >= 11 is 0. The first-order valence-corrected chi connectivity index (χ1v) is 6.71. The lowest BCUT2D eigenvalue weighted by molar-refractivity contribution is 0.236. The van der Waals surface area contributed by atoms with E-state index in [4.69, 9.17) is 0 Å². The molecule has 1 unspecified atom stereocenters. The molecule has 0 saturated carbocycles. The molecule has 2 amide bonds. The summed E-state index contributed by atoms with van der Waals surface area (Å²) in [5.41, 5.74) is 0.885. The second-order valence-electron chi connectivity index (χ2n) is 4.90. The number of carbonyl (C=O) groups is 1. The third-order valence-corrected chi connectivity index (χ3v) is 3.32. The highest BCUT2D eigenvalue weighted by atomic mass is 19.1. The molecule has 1 aliphatic heterocycles. The van der Waals surface area contributed by atoms with Crippen molar-refractivity contribution in [3.8, 4) is 0 Å². The van der Waals surface area contributed by atoms with Crippen LogP contribution >= 0.6 is 0 Å². The van der Waals surface area contributed by atoms with Crippen LogP contribution in [0.2, 0.25) is 0 Å². The lowest BCUT2D eigenvalue weighted by Gasteiger charge is -2.22. The van der Waals surface area contributed by atoms with Crippen molar-refractivity contribution in [3.05, 3.63) is 35.6 Å². The van der Waals surface area contributed by atoms with Crippen LogP contribution in [0.3, 0.4) is 0 Å². The minimum atomic E-state index is -0.266. The number of amides is 2. The molecule has 1 fully saturated rings. The Morgan fingerprint density at radius 3 is 2.79 bits per heavy atom. The van der Waals surface area contributed by atoms with E-state index in [1.54, 1.807) is 12.1 Å². The van der Waals surface area contributed by atoms with Gasteiger partial charge in [-0.25, -0.2) is 9.18 Å². The summed E-state index contributed by atoms with van der Waals surface area (Å²) < 4.78 is 12.7. The number of urea groups is 1. The summed E-state index contributed by atoms with van der Waals surface area (Å²) in [7, 11) is 0. The van der Waals surface area contributed by atoms with Crippen molar-refractivity contribution in [2.24, 2.45) is 5.92 Å². The molecule has 1 atom stereocenters. The molecule has 104 valence electrons. The summed E-state index contributed by atoms with van der Waals surface area (Å²) in [5, 5.41) is 8.95. The highest BCUT2D eigenvalue weighted by Gasteiger charge is 2.13. The molecule has 1 saturated heterocycles. The van der Waals surface area contributed by atoms with Crippen LogP contribution in [0, 0.1) is 11.7 Å². The Morgan fingerprint density at radius 1 is 1.32 bits per heavy atom. The third kappa shape index (κ3) is 4.87. The first-order valence-electron chi connectivity index (χ1n) is 6.71. The number of hydrogen-bond donors (Lipinski definition) is 3. The molecule has 1 heterocycles. The molecule has 3 N–H and O–H groups in total. The molecule has 1 aromatic rings. The summed E-state index contributed by atoms with van der Waals surface area (Å²) in [6.45, 7) is 3.16. The van der Waals surface area contributed by atoms with E-state index in [0.29, 0.717) is 19.0 Å². The molecular formula is C14H20FN3O. The maximum absolute atomic E-state index is 12.7. The van der Waals surface area contributed by atoms with Crippen LogP contribution in [-0.2, 0) is 6.54 Å². The smallest absolute Gasteiger partial charge is 0.315 e. The number of carbonyl (C=O) groups excluding carboxylic acids is 1. The van der Waals surface area contributed by atoms with E-state index in [9.17, 15) is 9.18 Å². The van der Waals surface area contributed by atoms with Crippen molar-refractivity contribution in [1.82, 2.24) is 16.0 Å². The van der Waals surface area contributed by atoms with E-state index < -0.39 is 0 Å². The van der Waals surface area contributed by atoms with Crippen molar-refractivity contribution in [3.63, 3.8) is 0 Å². The van der Waals surface area contributed by atoms with Gasteiger partial charge in [0.1, 0.15) is 5.82 Å². The normalized spacial score (nSPS) is 18.9. The predicted molar refractivity (Wildman–Crippen MR) is 72.2 cm³/mol. The van der Waals surface area contributed by atoms with Gasteiger partial charge in [0.25, 0.3) is 0 Å². The fourth-order valence-corrected chi connectivity index (χ4v) is 2.18. The molecule has 1 aromatic carbocycles. The van der Waals surface area contributed by atoms with Crippen molar-refractivity contribution in [2.75, 3.05) is 19.6 Å². The number of halogens is 1. The van der Waals surface area contributed by atoms with Gasteiger partial charge in [0.05, 0.1) is 0 Å². The Balaban J connectivity index is 1.65. The monoisotopic (exact) mass is 265 g/mol. The third-order valence-electron chi connectivity index (χ3n) is 3.32. The van der Waals surface area contributed by atoms with E-state index >= 15 is 0 Å². The number of hydrogen-bond acceptors (Lipinski definition) is 2. The Kier molecular flexibility index (Phi) is 5.15. The lowest BCUT2D eigenvalue weighted by Crippen LogP contribution is -2.41. The fourth-order valence-electron chi connectivity index (χ4n) is 2.18. The summed E-state index contributed by atoms with van der Waals surface area (Å²) in [4.78, 5) is 11.6. The Hall–Kier alpha value is -1.62. The number of benzene rings is 1. The van der Waals surface area contributed by atoms with Crippen molar-refractivity contribution in [1.29, 1.82) is 0 Å². The highest BCUT2D eigenvalue weighted by Crippen LogP contribution is 2.08. The number of nitrogens with one attached hydrogen (secondary N) is 3. The molecule has 4 nitrogen and oxygen atoms in total. The topological polar surface area (TPSA) is 53.2 Å². The number of rotatable bonds is 4. The van der Waals surface area contributed by atoms with Crippen LogP contribution in [0.15, 0.2) is 24.3 Å². The van der Waals surface area contributed by atoms with Gasteiger partial charge < -0.3 is 16.0 Å². The fraction of sp³-hybridized carbons (Fsp3) is 0.500. The second-order valence-corrected chi connectivity index (χ2v) is 4.90. The van der Waals surface area contributed by atoms with E-state index in [1.165, 1.54) is 18.6 Å². The van der Waals surface area contributed by atoms with Gasteiger partial charge >= 0.3 is 6.03 Å². The zero-order valence-corrected chi connectivity index (χ0v) is 10.9. The first-order chi connectivity index (χ1) is 9.24. The molecule has 2 rings (SSSR count). The molecule has 0 aliphatic carbocycles. The van der Waals surface area contributed by atoms with Gasteiger partial charge in [-0.15, -0.1) is 0 Å². The van der Waals surface area contributed by atoms with Crippen LogP contribution < -0.4 is 16.0 Å². The summed E-state index contributed by atoms with van der Waals surface area (Å²) in [6, 6.07) is 5.95. The maximum Gasteiger partial charge on any atom is 0.315 e. The van der Waals surface area contributed by atoms with E-state index in [-0.39, 0.29) is 11.8 Å². The molecule has 0 aromatic heterocycles. The van der Waals surface area contributed by atoms with Gasteiger partial charge in [-0.05, 0) is 49.5 Å². The minimum absolute atomic E-state index is 0.171. The summed E-state index contributed by atoms with van der Waals surface area (Å²) in [6.07, 6.45) is 2.33. The van der Waals surface area contributed by atoms with Crippen LogP contribution in [0.4, 0.5) is 9.18 Å². The van der Waals surface area contributed by atoms with Gasteiger partial charge in [-0.2, -0.15) is 0 Å². The first kappa shape index (κ1) is 13.8. The van der Waals surface area contributed by atoms with Gasteiger partial charge in [0.15, 0.2) is 0 Å². The van der Waals surface area contributed by atoms with Gasteiger partial charge in [-0.3, -0.25) is 0 Å². The van der Waals surface area contributed by atoms with Crippen molar-refractivity contribution < 1.29 is 9.18 Å². The van der Waals surface area contributed by atoms with Crippen LogP contribution in [0.5, 0.6) is 0 Å². The minimum Gasteiger partial charge on any atom is -0.338 e. The van der Waals surface area contributed by atoms with E-state index in [0.717, 1.165) is 25.1 Å². The SMILES string of the molecule is O=C(NCc1ccc(F)cc1)NCC1CCCNC1. The van der Waals surface area contributed by atoms with Gasteiger partial charge in [0.2, 0.25) is 0 Å². The Bertz CT molecular complexity index is 402. The lowest BCUT2D eigenvalue weighted by atomic mass is 10.00. The number of piperidine rings is 1. The highest BCUT2D eigenvalue weighted by molar-refractivity contribution is 5.73. The van der Waals surface area contributed by atoms with Gasteiger partial charge in [0, 0.05) is 13.1 Å². The quantitative estimate of drug-likeness (QED) is 0.775. The predicted octanol–water partition coefficient (Wildman–Crippen LogP) is 1.62. The van der Waals surface area contributed by atoms with Crippen molar-refractivity contribution in [2.45, 2.75) is 19.4 Å². The molecule has 0 spiro atoms. The van der Waals surface area contributed by atoms with Crippen molar-refractivity contribution >= 4 is 6.03 Å². The maximum atomic E-state index is 12.7. The van der Waals surface area contributed by atoms with Crippen LogP contribution in [-0.4, -0.2) is 25.7 Å². The Labute approximate surface area is 112 Å². The largest absolute Gasteiger partial charge is 0.338 e. The zero-order chi connectivity index (χ0) is 13.5. The molecule has 0 radical (unpaired) electrons. The molecule has 1 aliphatic rings. The summed E-state index contributed by atoms with van der Waals surface area (Å²) in [5.74, 6) is 0.253. The zero-order valence-electron chi connectivity index (χ0n) is 10.9. The second kappa shape index (κ2) is 7.09. The van der Waals surface area contributed by atoms with E-state index in [2.05, 4.69) is 16.0 Å². The van der Waals surface area contributed by atoms with Crippen LogP contribution in [0.1, 0.15) is 18.4 Å². The molecule has 5 heteroatoms. The Morgan fingerprint density at radius 2 is 2.11 bits per heavy atom. The molecule has 19 heavy (non-hydrogen) atoms. The van der Waals surface area contributed by atoms with Crippen LogP contribution in [0.25, 0.3) is 0 Å².